The van der Waals surface area contributed by atoms with Gasteiger partial charge in [0.15, 0.2) is 6.29 Å². The van der Waals surface area contributed by atoms with Crippen molar-refractivity contribution in [3.05, 3.63) is 0 Å². The van der Waals surface area contributed by atoms with Crippen molar-refractivity contribution in [1.82, 2.24) is 0 Å². The molecule has 4 fully saturated rings. The van der Waals surface area contributed by atoms with E-state index in [0.29, 0.717) is 23.0 Å². The lowest BCUT2D eigenvalue weighted by Gasteiger charge is -2.49. The van der Waals surface area contributed by atoms with Gasteiger partial charge in [0.1, 0.15) is 18.6 Å². The Labute approximate surface area is 179 Å². The molecule has 0 aromatic heterocycles. The Morgan fingerprint density at radius 2 is 2.00 bits per heavy atom. The summed E-state index contributed by atoms with van der Waals surface area (Å²) in [5.41, 5.74) is -1.17. The number of carbonyl (C=O) groups is 2. The number of ether oxygens (including phenoxy) is 3. The number of esters is 2. The zero-order valence-electron chi connectivity index (χ0n) is 19.2. The fourth-order valence-electron chi connectivity index (χ4n) is 6.61. The van der Waals surface area contributed by atoms with E-state index in [4.69, 9.17) is 14.2 Å². The quantitative estimate of drug-likeness (QED) is 0.348. The van der Waals surface area contributed by atoms with E-state index in [1.165, 1.54) is 0 Å². The summed E-state index contributed by atoms with van der Waals surface area (Å²) in [6.45, 7) is 13.7. The Morgan fingerprint density at radius 1 is 1.30 bits per heavy atom. The van der Waals surface area contributed by atoms with Crippen LogP contribution in [0.2, 0.25) is 0 Å². The Bertz CT molecular complexity index is 724. The highest BCUT2D eigenvalue weighted by Crippen LogP contribution is 2.71. The molecule has 4 heterocycles. The molecular weight excluding hydrogens is 386 g/mol. The van der Waals surface area contributed by atoms with E-state index in [1.54, 1.807) is 0 Å². The maximum Gasteiger partial charge on any atom is 0.316 e. The first-order valence-corrected chi connectivity index (χ1v) is 11.6. The summed E-state index contributed by atoms with van der Waals surface area (Å²) >= 11 is 0. The SMILES string of the molecule is CCCOC(=O)CC12CC3C[N+]34C(OC(=O)C(C)(CC(C)C)C(C)C)C(OC1O)C24. The number of piperidine rings is 1. The Balaban J connectivity index is 1.50. The van der Waals surface area contributed by atoms with E-state index in [2.05, 4.69) is 27.7 Å². The van der Waals surface area contributed by atoms with Crippen LogP contribution in [0.5, 0.6) is 0 Å². The number of aliphatic hydroxyl groups excluding tert-OH is 1. The Hall–Kier alpha value is -1.18. The van der Waals surface area contributed by atoms with E-state index in [1.807, 2.05) is 13.8 Å². The largest absolute Gasteiger partial charge is 0.466 e. The summed E-state index contributed by atoms with van der Waals surface area (Å²) in [6.07, 6.45) is 0.705. The first-order valence-electron chi connectivity index (χ1n) is 11.6. The molecule has 8 atom stereocenters. The molecular formula is C23H38NO6+. The van der Waals surface area contributed by atoms with Crippen LogP contribution in [0.25, 0.3) is 0 Å². The molecule has 8 unspecified atom stereocenters. The van der Waals surface area contributed by atoms with E-state index in [-0.39, 0.29) is 42.7 Å². The third kappa shape index (κ3) is 2.88. The molecule has 1 spiro atoms. The van der Waals surface area contributed by atoms with Crippen molar-refractivity contribution in [3.63, 3.8) is 0 Å². The number of hydrogen-bond acceptors (Lipinski definition) is 6. The fourth-order valence-corrected chi connectivity index (χ4v) is 6.61. The van der Waals surface area contributed by atoms with Crippen molar-refractivity contribution in [2.45, 2.75) is 97.9 Å². The van der Waals surface area contributed by atoms with Gasteiger partial charge in [-0.1, -0.05) is 34.6 Å². The van der Waals surface area contributed by atoms with Gasteiger partial charge in [-0.3, -0.25) is 14.1 Å². The molecule has 1 N–H and O–H groups in total. The van der Waals surface area contributed by atoms with Gasteiger partial charge in [-0.05, 0) is 31.6 Å². The highest BCUT2D eigenvalue weighted by molar-refractivity contribution is 5.77. The van der Waals surface area contributed by atoms with Crippen LogP contribution in [-0.4, -0.2) is 65.4 Å². The molecule has 7 heteroatoms. The minimum Gasteiger partial charge on any atom is -0.466 e. The molecule has 0 aromatic rings. The van der Waals surface area contributed by atoms with Crippen LogP contribution < -0.4 is 0 Å². The maximum absolute atomic E-state index is 13.3. The van der Waals surface area contributed by atoms with Gasteiger partial charge in [0, 0.05) is 6.42 Å². The lowest BCUT2D eigenvalue weighted by molar-refractivity contribution is -0.938. The third-order valence-electron chi connectivity index (χ3n) is 8.38. The van der Waals surface area contributed by atoms with Crippen LogP contribution in [-0.2, 0) is 23.8 Å². The Morgan fingerprint density at radius 3 is 2.60 bits per heavy atom. The lowest BCUT2D eigenvalue weighted by atomic mass is 9.71. The smallest absolute Gasteiger partial charge is 0.316 e. The van der Waals surface area contributed by atoms with Crippen LogP contribution in [0, 0.1) is 22.7 Å². The fraction of sp³-hybridized carbons (Fsp3) is 0.913. The first-order chi connectivity index (χ1) is 14.0. The van der Waals surface area contributed by atoms with Gasteiger partial charge < -0.3 is 19.3 Å². The van der Waals surface area contributed by atoms with Crippen molar-refractivity contribution >= 4 is 11.9 Å². The number of rotatable bonds is 9. The van der Waals surface area contributed by atoms with E-state index in [0.717, 1.165) is 25.8 Å². The molecule has 7 nitrogen and oxygen atoms in total. The van der Waals surface area contributed by atoms with Crippen LogP contribution >= 0.6 is 0 Å². The molecule has 4 aliphatic heterocycles. The predicted octanol–water partition coefficient (Wildman–Crippen LogP) is 2.60. The monoisotopic (exact) mass is 424 g/mol. The van der Waals surface area contributed by atoms with Crippen molar-refractivity contribution in [2.24, 2.45) is 22.7 Å². The van der Waals surface area contributed by atoms with Crippen LogP contribution in [0.3, 0.4) is 0 Å². The summed E-state index contributed by atoms with van der Waals surface area (Å²) in [5.74, 6) is 0.107. The average Bonchev–Trinajstić information content (AvgIpc) is 3.23. The zero-order valence-corrected chi connectivity index (χ0v) is 19.2. The van der Waals surface area contributed by atoms with E-state index >= 15 is 0 Å². The minimum atomic E-state index is -1.01. The molecule has 4 aliphatic rings. The lowest BCUT2D eigenvalue weighted by Crippen LogP contribution is -2.72. The highest BCUT2D eigenvalue weighted by atomic mass is 16.7. The van der Waals surface area contributed by atoms with Gasteiger partial charge in [-0.25, -0.2) is 0 Å². The summed E-state index contributed by atoms with van der Waals surface area (Å²) in [4.78, 5) is 25.7. The molecule has 4 saturated heterocycles. The van der Waals surface area contributed by atoms with Crippen LogP contribution in [0.15, 0.2) is 0 Å². The highest BCUT2D eigenvalue weighted by Gasteiger charge is 2.92. The van der Waals surface area contributed by atoms with Crippen molar-refractivity contribution in [1.29, 1.82) is 0 Å². The summed E-state index contributed by atoms with van der Waals surface area (Å²) in [7, 11) is 0. The number of aliphatic hydroxyl groups is 1. The predicted molar refractivity (Wildman–Crippen MR) is 109 cm³/mol. The van der Waals surface area contributed by atoms with Gasteiger partial charge >= 0.3 is 11.9 Å². The molecule has 0 aliphatic carbocycles. The molecule has 4 rings (SSSR count). The van der Waals surface area contributed by atoms with Crippen molar-refractivity contribution in [2.75, 3.05) is 13.2 Å². The standard InChI is InChI=1S/C23H38NO6/c1-7-8-28-16(25)11-23-10-15-12-24(15)18(23)17(29-21(23)27)19(24)30-20(26)22(6,14(4)5)9-13(2)3/h13-15,17-19,21,27H,7-12H2,1-6H3/q+1. The molecule has 0 saturated carbocycles. The molecule has 0 bridgehead atoms. The molecule has 0 radical (unpaired) electrons. The van der Waals surface area contributed by atoms with Gasteiger partial charge in [-0.2, -0.15) is 0 Å². The first kappa shape index (κ1) is 22.0. The Kier molecular flexibility index (Phi) is 5.27. The van der Waals surface area contributed by atoms with Crippen LogP contribution in [0.1, 0.15) is 67.2 Å². The number of nitrogens with zero attached hydrogens (tertiary/aromatic N) is 1. The molecule has 0 amide bonds. The number of quaternary nitrogens is 1. The van der Waals surface area contributed by atoms with Gasteiger partial charge in [-0.15, -0.1) is 0 Å². The van der Waals surface area contributed by atoms with Gasteiger partial charge in [0.25, 0.3) is 6.23 Å². The summed E-state index contributed by atoms with van der Waals surface area (Å²) in [5, 5.41) is 10.8. The van der Waals surface area contributed by atoms with Gasteiger partial charge in [0.05, 0.1) is 23.9 Å². The third-order valence-corrected chi connectivity index (χ3v) is 8.38. The molecule has 0 aromatic carbocycles. The summed E-state index contributed by atoms with van der Waals surface area (Å²) in [6, 6.07) is 0.344. The second kappa shape index (κ2) is 7.17. The molecule has 170 valence electrons. The summed E-state index contributed by atoms with van der Waals surface area (Å²) < 4.78 is 18.0. The minimum absolute atomic E-state index is 0.0138. The van der Waals surface area contributed by atoms with Crippen LogP contribution in [0.4, 0.5) is 0 Å². The second-order valence-corrected chi connectivity index (χ2v) is 11.0. The number of hydrogen-bond donors (Lipinski definition) is 1. The molecule has 30 heavy (non-hydrogen) atoms. The normalized spacial score (nSPS) is 42.4. The topological polar surface area (TPSA) is 82.1 Å². The maximum atomic E-state index is 13.3. The van der Waals surface area contributed by atoms with E-state index < -0.39 is 17.1 Å². The van der Waals surface area contributed by atoms with Crippen molar-refractivity contribution in [3.8, 4) is 0 Å². The van der Waals surface area contributed by atoms with E-state index in [9.17, 15) is 14.7 Å². The van der Waals surface area contributed by atoms with Crippen molar-refractivity contribution < 1.29 is 33.4 Å². The average molecular weight is 425 g/mol. The number of carbonyl (C=O) groups excluding carboxylic acids is 2. The second-order valence-electron chi connectivity index (χ2n) is 11.0. The zero-order chi connectivity index (χ0) is 22.1. The van der Waals surface area contributed by atoms with Gasteiger partial charge in [0.2, 0.25) is 6.10 Å².